The third kappa shape index (κ3) is 6.50. The Morgan fingerprint density at radius 3 is 2.36 bits per heavy atom. The average Bonchev–Trinajstić information content (AvgIpc) is 3.67. The summed E-state index contributed by atoms with van der Waals surface area (Å²) in [6.07, 6.45) is 12.3. The lowest BCUT2D eigenvalue weighted by Gasteiger charge is -2.71. The minimum absolute atomic E-state index is 0.00606. The quantitative estimate of drug-likeness (QED) is 0.147. The monoisotopic (exact) mass is 808 g/mol. The Bertz CT molecular complexity index is 2160. The minimum Gasteiger partial charge on any atom is -0.495 e. The number of allylic oxidation sites excluding steroid dienone is 6. The van der Waals surface area contributed by atoms with Crippen molar-refractivity contribution in [2.75, 3.05) is 0 Å². The molecule has 0 spiro atoms. The number of ether oxygens (including phenoxy) is 1. The van der Waals surface area contributed by atoms with Crippen LogP contribution in [0.2, 0.25) is 5.02 Å². The first-order valence-corrected chi connectivity index (χ1v) is 22.5. The summed E-state index contributed by atoms with van der Waals surface area (Å²) in [5.74, 6) is 1.96. The number of benzene rings is 1. The van der Waals surface area contributed by atoms with E-state index in [2.05, 4.69) is 85.0 Å². The molecule has 9 unspecified atom stereocenters. The molecule has 0 bridgehead atoms. The molecule has 58 heavy (non-hydrogen) atoms. The maximum atomic E-state index is 14.3. The molecule has 9 atom stereocenters. The van der Waals surface area contributed by atoms with Crippen molar-refractivity contribution in [3.63, 3.8) is 0 Å². The number of hydrogen-bond acceptors (Lipinski definition) is 3. The highest BCUT2D eigenvalue weighted by atomic mass is 35.5. The molecule has 314 valence electrons. The van der Waals surface area contributed by atoms with E-state index in [1.807, 2.05) is 35.0 Å². The third-order valence-corrected chi connectivity index (χ3v) is 17.2. The molecular weight excluding hydrogens is 740 g/mol. The Balaban J connectivity index is 1.28. The number of nitrogens with zero attached hydrogens (tertiary/aromatic N) is 2. The molecule has 1 aromatic carbocycles. The van der Waals surface area contributed by atoms with Crippen LogP contribution in [-0.2, 0) is 21.5 Å². The van der Waals surface area contributed by atoms with Crippen LogP contribution >= 0.6 is 11.6 Å². The van der Waals surface area contributed by atoms with Gasteiger partial charge in [0.25, 0.3) is 5.56 Å². The summed E-state index contributed by atoms with van der Waals surface area (Å²) in [7, 11) is 0. The van der Waals surface area contributed by atoms with E-state index in [1.54, 1.807) is 19.4 Å². The average molecular weight is 810 g/mol. The number of rotatable bonds is 10. The highest BCUT2D eigenvalue weighted by molar-refractivity contribution is 6.30. The molecule has 6 nitrogen and oxygen atoms in total. The van der Waals surface area contributed by atoms with E-state index < -0.39 is 11.4 Å². The van der Waals surface area contributed by atoms with Gasteiger partial charge < -0.3 is 9.84 Å². The fourth-order valence-corrected chi connectivity index (χ4v) is 14.0. The Morgan fingerprint density at radius 2 is 1.74 bits per heavy atom. The Morgan fingerprint density at radius 1 is 1.05 bits per heavy atom. The van der Waals surface area contributed by atoms with Crippen molar-refractivity contribution in [1.29, 1.82) is 0 Å². The van der Waals surface area contributed by atoms with Crippen LogP contribution in [0.5, 0.6) is 0 Å². The summed E-state index contributed by atoms with van der Waals surface area (Å²) in [6.45, 7) is 31.9. The molecule has 0 amide bonds. The van der Waals surface area contributed by atoms with Crippen LogP contribution in [0.4, 0.5) is 0 Å². The predicted molar refractivity (Wildman–Crippen MR) is 236 cm³/mol. The van der Waals surface area contributed by atoms with Crippen molar-refractivity contribution in [1.82, 2.24) is 9.36 Å². The lowest BCUT2D eigenvalue weighted by atomic mass is 9.34. The van der Waals surface area contributed by atoms with E-state index in [9.17, 15) is 14.7 Å². The maximum Gasteiger partial charge on any atom is 0.309 e. The SMILES string of the molecule is C=C=C1CC2(c3cc(=O)n(-c4ccc(Cl)cc4)n3CC=C(C)C)CCC3(C)C(CCC4C5(C)CCC(OC(=C)CC(C)(C)C(=O)O)C(C)C5CCC43C)C2=C1C(C)C. The minimum atomic E-state index is -0.905. The van der Waals surface area contributed by atoms with Crippen LogP contribution in [0.1, 0.15) is 139 Å². The lowest BCUT2D eigenvalue weighted by molar-refractivity contribution is -0.210. The Labute approximate surface area is 353 Å². The number of carbonyl (C=O) groups is 1. The van der Waals surface area contributed by atoms with Gasteiger partial charge >= 0.3 is 5.97 Å². The number of carboxylic acids is 1. The van der Waals surface area contributed by atoms with E-state index in [4.69, 9.17) is 16.3 Å². The topological polar surface area (TPSA) is 73.5 Å². The molecule has 0 aliphatic heterocycles. The van der Waals surface area contributed by atoms with Crippen molar-refractivity contribution in [2.24, 2.45) is 51.2 Å². The van der Waals surface area contributed by atoms with Crippen LogP contribution in [0, 0.1) is 51.2 Å². The summed E-state index contributed by atoms with van der Waals surface area (Å²) in [4.78, 5) is 26.2. The van der Waals surface area contributed by atoms with E-state index in [0.29, 0.717) is 53.3 Å². The molecule has 1 N–H and O–H groups in total. The van der Waals surface area contributed by atoms with E-state index >= 15 is 0 Å². The van der Waals surface area contributed by atoms with Crippen molar-refractivity contribution >= 4 is 17.6 Å². The zero-order valence-corrected chi connectivity index (χ0v) is 37.8. The zero-order valence-electron chi connectivity index (χ0n) is 37.1. The number of halogens is 1. The lowest BCUT2D eigenvalue weighted by Crippen LogP contribution is -2.64. The van der Waals surface area contributed by atoms with Crippen molar-refractivity contribution in [2.45, 2.75) is 152 Å². The molecule has 2 aromatic rings. The molecule has 0 radical (unpaired) electrons. The Kier molecular flexibility index (Phi) is 11.0. The van der Waals surface area contributed by atoms with E-state index in [-0.39, 0.29) is 33.3 Å². The highest BCUT2D eigenvalue weighted by Crippen LogP contribution is 2.76. The van der Waals surface area contributed by atoms with Gasteiger partial charge in [-0.2, -0.15) is 0 Å². The predicted octanol–water partition coefficient (Wildman–Crippen LogP) is 12.6. The van der Waals surface area contributed by atoms with Gasteiger partial charge in [0.05, 0.1) is 29.1 Å². The molecule has 0 saturated heterocycles. The molecule has 5 aliphatic carbocycles. The summed E-state index contributed by atoms with van der Waals surface area (Å²) < 4.78 is 10.7. The number of fused-ring (bicyclic) bond motifs is 7. The number of carboxylic acid groups (broad SMARTS) is 1. The largest absolute Gasteiger partial charge is 0.495 e. The van der Waals surface area contributed by atoms with Crippen molar-refractivity contribution in [3.05, 3.63) is 104 Å². The maximum absolute atomic E-state index is 14.3. The van der Waals surface area contributed by atoms with Gasteiger partial charge in [0, 0.05) is 22.9 Å². The van der Waals surface area contributed by atoms with Crippen molar-refractivity contribution in [3.8, 4) is 5.69 Å². The second-order valence-electron chi connectivity index (χ2n) is 21.0. The van der Waals surface area contributed by atoms with Crippen LogP contribution in [0.25, 0.3) is 5.69 Å². The Hall–Kier alpha value is -3.47. The fourth-order valence-electron chi connectivity index (χ4n) is 13.9. The number of hydrogen-bond donors (Lipinski definition) is 1. The van der Waals surface area contributed by atoms with Gasteiger partial charge in [0.2, 0.25) is 0 Å². The second kappa shape index (κ2) is 14.9. The van der Waals surface area contributed by atoms with Crippen molar-refractivity contribution < 1.29 is 14.6 Å². The van der Waals surface area contributed by atoms with Crippen LogP contribution in [0.3, 0.4) is 0 Å². The third-order valence-electron chi connectivity index (χ3n) is 17.0. The van der Waals surface area contributed by atoms with Gasteiger partial charge in [-0.1, -0.05) is 78.0 Å². The van der Waals surface area contributed by atoms with Gasteiger partial charge in [-0.15, -0.1) is 5.73 Å². The van der Waals surface area contributed by atoms with Crippen LogP contribution in [-0.4, -0.2) is 26.5 Å². The van der Waals surface area contributed by atoms with Gasteiger partial charge in [-0.25, -0.2) is 4.68 Å². The summed E-state index contributed by atoms with van der Waals surface area (Å²) in [6, 6.07) is 9.61. The molecule has 4 saturated carbocycles. The van der Waals surface area contributed by atoms with Crippen LogP contribution < -0.4 is 5.56 Å². The van der Waals surface area contributed by atoms with Gasteiger partial charge in [0.1, 0.15) is 6.10 Å². The molecule has 4 fully saturated rings. The zero-order chi connectivity index (χ0) is 42.3. The highest BCUT2D eigenvalue weighted by Gasteiger charge is 2.69. The number of aliphatic carboxylic acids is 1. The van der Waals surface area contributed by atoms with Gasteiger partial charge in [-0.3, -0.25) is 14.3 Å². The first kappa shape index (κ1) is 42.6. The number of aromatic nitrogens is 2. The summed E-state index contributed by atoms with van der Waals surface area (Å²) >= 11 is 6.35. The summed E-state index contributed by atoms with van der Waals surface area (Å²) in [5, 5.41) is 10.4. The van der Waals surface area contributed by atoms with E-state index in [0.717, 1.165) is 49.9 Å². The smallest absolute Gasteiger partial charge is 0.309 e. The first-order chi connectivity index (χ1) is 27.1. The second-order valence-corrected chi connectivity index (χ2v) is 21.5. The molecular formula is C51H69ClN2O4. The standard InChI is InChI=1S/C51H69ClN2O4/c1-13-35-30-51(42-28-43(55)54(53(42)27-22-31(2)3)37-16-14-36(52)15-17-37)26-25-49(11)39(45(51)44(35)32(4)5)18-19-41-48(10)23-21-40(34(7)38(48)20-24-50(41,49)12)58-33(6)29-47(8,9)46(56)57/h14-17,22,28,32,34,38-41H,1,6,18-21,23-27,29-30H2,2-5,7-12H3,(H,56,57). The molecule has 1 heterocycles. The fraction of sp³-hybridized carbons (Fsp3) is 0.627. The van der Waals surface area contributed by atoms with Gasteiger partial charge in [-0.05, 0) is 172 Å². The first-order valence-electron chi connectivity index (χ1n) is 22.1. The molecule has 5 aliphatic rings. The van der Waals surface area contributed by atoms with Crippen LogP contribution in [0.15, 0.2) is 88.1 Å². The van der Waals surface area contributed by atoms with Gasteiger partial charge in [0.15, 0.2) is 0 Å². The molecule has 1 aromatic heterocycles. The van der Waals surface area contributed by atoms with E-state index in [1.165, 1.54) is 36.0 Å². The normalized spacial score (nSPS) is 34.4. The molecule has 7 heteroatoms. The molecule has 7 rings (SSSR count). The summed E-state index contributed by atoms with van der Waals surface area (Å²) in [5.41, 5.74) is 10.1.